The van der Waals surface area contributed by atoms with Gasteiger partial charge in [0.2, 0.25) is 27.7 Å². The summed E-state index contributed by atoms with van der Waals surface area (Å²) < 4.78 is 45.9. The number of carbonyl (C=O) groups excluding carboxylic acids is 4. The second kappa shape index (κ2) is 15.4. The number of hydrogen-bond acceptors (Lipinski definition) is 10. The van der Waals surface area contributed by atoms with Crippen LogP contribution in [0.15, 0.2) is 42.6 Å². The van der Waals surface area contributed by atoms with Crippen molar-refractivity contribution in [2.24, 2.45) is 17.8 Å². The molecule has 4 aliphatic rings. The number of methoxy groups -OCH3 is 1. The number of ether oxygens (including phenoxy) is 3. The van der Waals surface area contributed by atoms with Crippen LogP contribution in [0.4, 0.5) is 4.79 Å². The SMILES string of the molecule is COc1cnc(O[C@@H]2C[C@H]3C(=O)N[C@]4(C(=O)NS(=O)(=O)C5CCC5)C[C@H]4/C=C\CC[C@H](C)C[C@@H](C)[C@H](NC(=O)OC(C)(C)C)C(=O)N3C2)c2ccccc12. The molecule has 2 saturated carbocycles. The first-order valence-corrected chi connectivity index (χ1v) is 20.5. The van der Waals surface area contributed by atoms with E-state index in [0.29, 0.717) is 42.7 Å². The summed E-state index contributed by atoms with van der Waals surface area (Å²) >= 11 is 0. The molecule has 2 aromatic rings. The minimum absolute atomic E-state index is 0.0215. The van der Waals surface area contributed by atoms with Gasteiger partial charge in [0.15, 0.2) is 0 Å². The number of allylic oxidation sites excluding steroid dienone is 1. The van der Waals surface area contributed by atoms with Crippen LogP contribution in [0.5, 0.6) is 11.6 Å². The molecular weight excluding hydrogens is 715 g/mol. The van der Waals surface area contributed by atoms with E-state index in [9.17, 15) is 27.6 Å². The van der Waals surface area contributed by atoms with Gasteiger partial charge in [-0.05, 0) is 77.2 Å². The quantitative estimate of drug-likeness (QED) is 0.342. The van der Waals surface area contributed by atoms with Crippen LogP contribution < -0.4 is 24.8 Å². The molecule has 0 radical (unpaired) electrons. The highest BCUT2D eigenvalue weighted by molar-refractivity contribution is 7.90. The van der Waals surface area contributed by atoms with Gasteiger partial charge in [0.25, 0.3) is 5.91 Å². The van der Waals surface area contributed by atoms with E-state index in [4.69, 9.17) is 14.2 Å². The van der Waals surface area contributed by atoms with E-state index in [2.05, 4.69) is 27.3 Å². The van der Waals surface area contributed by atoms with Crippen molar-refractivity contribution in [1.29, 1.82) is 0 Å². The number of rotatable bonds is 7. The van der Waals surface area contributed by atoms with Crippen molar-refractivity contribution in [2.75, 3.05) is 13.7 Å². The molecule has 6 rings (SSSR count). The van der Waals surface area contributed by atoms with Gasteiger partial charge in [-0.2, -0.15) is 0 Å². The molecule has 4 amide bonds. The number of amides is 4. The van der Waals surface area contributed by atoms with E-state index in [1.807, 2.05) is 43.3 Å². The van der Waals surface area contributed by atoms with Crippen molar-refractivity contribution in [3.8, 4) is 11.6 Å². The minimum Gasteiger partial charge on any atom is -0.494 e. The summed E-state index contributed by atoms with van der Waals surface area (Å²) in [5.41, 5.74) is -2.33. The molecule has 0 unspecified atom stereocenters. The molecule has 0 bridgehead atoms. The van der Waals surface area contributed by atoms with Crippen molar-refractivity contribution in [1.82, 2.24) is 25.2 Å². The van der Waals surface area contributed by atoms with Gasteiger partial charge in [0.05, 0.1) is 25.1 Å². The number of hydrogen-bond donors (Lipinski definition) is 3. The number of aromatic nitrogens is 1. The monoisotopic (exact) mass is 767 g/mol. The average molecular weight is 768 g/mol. The largest absolute Gasteiger partial charge is 0.494 e. The van der Waals surface area contributed by atoms with Gasteiger partial charge in [-0.25, -0.2) is 18.2 Å². The van der Waals surface area contributed by atoms with Crippen molar-refractivity contribution in [3.05, 3.63) is 42.6 Å². The third-order valence-corrected chi connectivity index (χ3v) is 12.9. The summed E-state index contributed by atoms with van der Waals surface area (Å²) in [4.78, 5) is 62.2. The summed E-state index contributed by atoms with van der Waals surface area (Å²) in [5.74, 6) is -1.68. The van der Waals surface area contributed by atoms with Gasteiger partial charge in [0, 0.05) is 23.1 Å². The van der Waals surface area contributed by atoms with Crippen LogP contribution in [0.25, 0.3) is 10.8 Å². The number of alkyl carbamates (subject to hydrolysis) is 1. The molecule has 3 N–H and O–H groups in total. The Morgan fingerprint density at radius 1 is 1.06 bits per heavy atom. The van der Waals surface area contributed by atoms with Crippen LogP contribution in [-0.4, -0.2) is 90.3 Å². The highest BCUT2D eigenvalue weighted by Gasteiger charge is 2.62. The predicted molar refractivity (Wildman–Crippen MR) is 201 cm³/mol. The fourth-order valence-electron chi connectivity index (χ4n) is 7.79. The second-order valence-corrected chi connectivity index (χ2v) is 18.4. The van der Waals surface area contributed by atoms with Crippen molar-refractivity contribution in [3.63, 3.8) is 0 Å². The van der Waals surface area contributed by atoms with Crippen molar-refractivity contribution in [2.45, 2.75) is 121 Å². The molecular formula is C39H53N5O9S. The summed E-state index contributed by atoms with van der Waals surface area (Å²) in [6.07, 6.45) is 7.94. The fraction of sp³-hybridized carbons (Fsp3) is 0.615. The van der Waals surface area contributed by atoms with Crippen LogP contribution in [0.2, 0.25) is 0 Å². The van der Waals surface area contributed by atoms with E-state index in [0.717, 1.165) is 18.2 Å². The first-order valence-electron chi connectivity index (χ1n) is 18.9. The molecule has 1 aromatic carbocycles. The molecule has 2 aliphatic carbocycles. The first-order chi connectivity index (χ1) is 25.5. The first kappa shape index (κ1) is 39.3. The highest BCUT2D eigenvalue weighted by Crippen LogP contribution is 2.46. The second-order valence-electron chi connectivity index (χ2n) is 16.4. The summed E-state index contributed by atoms with van der Waals surface area (Å²) in [6.45, 7) is 9.16. The number of pyridine rings is 1. The zero-order chi connectivity index (χ0) is 39.0. The average Bonchev–Trinajstić information content (AvgIpc) is 3.60. The van der Waals surface area contributed by atoms with E-state index in [1.165, 1.54) is 4.90 Å². The van der Waals surface area contributed by atoms with Crippen LogP contribution in [0.3, 0.4) is 0 Å². The third kappa shape index (κ3) is 8.45. The van der Waals surface area contributed by atoms with E-state index < -0.39 is 74.3 Å². The lowest BCUT2D eigenvalue weighted by Crippen LogP contribution is -2.59. The molecule has 14 nitrogen and oxygen atoms in total. The maximum atomic E-state index is 14.7. The molecule has 0 spiro atoms. The van der Waals surface area contributed by atoms with Crippen molar-refractivity contribution < 1.29 is 41.8 Å². The Labute approximate surface area is 317 Å². The van der Waals surface area contributed by atoms with Gasteiger partial charge in [-0.15, -0.1) is 0 Å². The molecule has 15 heteroatoms. The Kier molecular flexibility index (Phi) is 11.2. The number of benzene rings is 1. The molecule has 294 valence electrons. The van der Waals surface area contributed by atoms with Gasteiger partial charge < -0.3 is 29.7 Å². The van der Waals surface area contributed by atoms with Gasteiger partial charge in [-0.3, -0.25) is 19.1 Å². The minimum atomic E-state index is -3.93. The Morgan fingerprint density at radius 3 is 2.44 bits per heavy atom. The molecule has 3 heterocycles. The smallest absolute Gasteiger partial charge is 0.408 e. The Bertz CT molecular complexity index is 1910. The van der Waals surface area contributed by atoms with Crippen LogP contribution >= 0.6 is 0 Å². The lowest BCUT2D eigenvalue weighted by Gasteiger charge is -2.33. The third-order valence-electron chi connectivity index (χ3n) is 11.0. The molecule has 3 fully saturated rings. The normalized spacial score (nSPS) is 30.0. The lowest BCUT2D eigenvalue weighted by molar-refractivity contribution is -0.142. The number of nitrogens with zero attached hydrogens (tertiary/aromatic N) is 2. The highest BCUT2D eigenvalue weighted by atomic mass is 32.2. The van der Waals surface area contributed by atoms with E-state index >= 15 is 0 Å². The topological polar surface area (TPSA) is 182 Å². The maximum absolute atomic E-state index is 14.7. The summed E-state index contributed by atoms with van der Waals surface area (Å²) in [5, 5.41) is 6.52. The Hall–Kier alpha value is -4.40. The molecule has 1 aromatic heterocycles. The Morgan fingerprint density at radius 2 is 1.78 bits per heavy atom. The van der Waals surface area contributed by atoms with Gasteiger partial charge >= 0.3 is 6.09 Å². The number of carbonyl (C=O) groups is 4. The van der Waals surface area contributed by atoms with Crippen LogP contribution in [-0.2, 0) is 29.1 Å². The zero-order valence-corrected chi connectivity index (χ0v) is 32.7. The molecule has 54 heavy (non-hydrogen) atoms. The maximum Gasteiger partial charge on any atom is 0.408 e. The lowest BCUT2D eigenvalue weighted by atomic mass is 9.88. The summed E-state index contributed by atoms with van der Waals surface area (Å²) in [7, 11) is -2.38. The Balaban J connectivity index is 1.35. The summed E-state index contributed by atoms with van der Waals surface area (Å²) in [6, 6.07) is 5.27. The number of fused-ring (bicyclic) bond motifs is 3. The van der Waals surface area contributed by atoms with E-state index in [-0.39, 0.29) is 31.2 Å². The number of nitrogens with one attached hydrogen (secondary N) is 3. The fourth-order valence-corrected chi connectivity index (χ4v) is 9.35. The zero-order valence-electron chi connectivity index (χ0n) is 31.9. The molecule has 7 atom stereocenters. The molecule has 1 saturated heterocycles. The van der Waals surface area contributed by atoms with Crippen LogP contribution in [0.1, 0.15) is 86.0 Å². The van der Waals surface area contributed by atoms with Gasteiger partial charge in [0.1, 0.15) is 35.1 Å². The van der Waals surface area contributed by atoms with Crippen LogP contribution in [0, 0.1) is 17.8 Å². The van der Waals surface area contributed by atoms with Crippen molar-refractivity contribution >= 4 is 44.6 Å². The molecule has 2 aliphatic heterocycles. The predicted octanol–water partition coefficient (Wildman–Crippen LogP) is 4.37. The van der Waals surface area contributed by atoms with Gasteiger partial charge in [-0.1, -0.05) is 50.6 Å². The standard InChI is InChI=1S/C39H53N5O9S/c1-23-12-7-8-13-25-20-39(25,36(47)43-54(49,50)27-14-11-15-27)42-33(45)30-19-26(52-34-29-17-10-9-16-28(29)31(51-6)21-40-34)22-44(30)35(46)32(24(2)18-23)41-37(48)53-38(3,4)5/h8-10,13,16-17,21,23-27,30,32H,7,11-12,14-15,18-20,22H2,1-6H3,(H,41,48)(H,42,45)(H,43,47)/b13-8-/t23-,24+,25+,26+,30-,32-,39+/m0/s1. The number of sulfonamides is 1. The van der Waals surface area contributed by atoms with E-state index in [1.54, 1.807) is 34.1 Å².